The quantitative estimate of drug-likeness (QED) is 0.822. The first kappa shape index (κ1) is 20.3. The second kappa shape index (κ2) is 8.02. The first-order valence-electron chi connectivity index (χ1n) is 9.68. The van der Waals surface area contributed by atoms with Crippen LogP contribution in [0, 0.1) is 12.7 Å². The normalized spacial score (nSPS) is 24.9. The molecule has 0 radical (unpaired) electrons. The maximum absolute atomic E-state index is 13.8. The van der Waals surface area contributed by atoms with Gasteiger partial charge in [-0.25, -0.2) is 12.8 Å². The molecule has 6 nitrogen and oxygen atoms in total. The lowest BCUT2D eigenvalue weighted by molar-refractivity contribution is 0.0458. The molecule has 0 amide bonds. The number of aryl methyl sites for hydroxylation is 1. The standard InChI is InChI=1S/C21H25FN2O4S/c1-15-8-16(10-18(22)9-15)11-24-19-13-23(12-17-4-2-3-5-20(17)25)14-21(19)28-6-7-29(24,26)27/h2-5,8-10,19,21,25H,6-7,11-14H2,1H3/t19-,21+/m1/s1. The van der Waals surface area contributed by atoms with E-state index in [1.54, 1.807) is 19.1 Å². The Morgan fingerprint density at radius 2 is 1.97 bits per heavy atom. The van der Waals surface area contributed by atoms with E-state index in [-0.39, 0.29) is 42.6 Å². The summed E-state index contributed by atoms with van der Waals surface area (Å²) >= 11 is 0. The lowest BCUT2D eigenvalue weighted by Crippen LogP contribution is -2.45. The third-order valence-corrected chi connectivity index (χ3v) is 7.34. The molecule has 2 aromatic rings. The zero-order chi connectivity index (χ0) is 20.6. The second-order valence-electron chi connectivity index (χ2n) is 7.80. The molecule has 2 heterocycles. The lowest BCUT2D eigenvalue weighted by Gasteiger charge is -2.28. The van der Waals surface area contributed by atoms with E-state index in [1.807, 2.05) is 18.2 Å². The zero-order valence-corrected chi connectivity index (χ0v) is 17.1. The molecule has 0 saturated carbocycles. The van der Waals surface area contributed by atoms with Crippen LogP contribution in [0.2, 0.25) is 0 Å². The van der Waals surface area contributed by atoms with Crippen LogP contribution in [0.4, 0.5) is 4.39 Å². The molecular formula is C21H25FN2O4S. The highest BCUT2D eigenvalue weighted by atomic mass is 32.2. The van der Waals surface area contributed by atoms with E-state index < -0.39 is 10.0 Å². The van der Waals surface area contributed by atoms with Gasteiger partial charge in [-0.15, -0.1) is 0 Å². The molecule has 2 aliphatic heterocycles. The van der Waals surface area contributed by atoms with Crippen molar-refractivity contribution in [3.8, 4) is 5.75 Å². The van der Waals surface area contributed by atoms with Crippen molar-refractivity contribution in [2.24, 2.45) is 0 Å². The van der Waals surface area contributed by atoms with Crippen molar-refractivity contribution >= 4 is 10.0 Å². The zero-order valence-electron chi connectivity index (χ0n) is 16.3. The van der Waals surface area contributed by atoms with Crippen LogP contribution in [0.25, 0.3) is 0 Å². The molecule has 1 N–H and O–H groups in total. The summed E-state index contributed by atoms with van der Waals surface area (Å²) in [5, 5.41) is 10.1. The van der Waals surface area contributed by atoms with E-state index in [2.05, 4.69) is 4.90 Å². The number of para-hydroxylation sites is 1. The van der Waals surface area contributed by atoms with Crippen LogP contribution >= 0.6 is 0 Å². The maximum atomic E-state index is 13.8. The number of sulfonamides is 1. The number of nitrogens with zero attached hydrogens (tertiary/aromatic N) is 2. The molecule has 2 fully saturated rings. The molecule has 2 atom stereocenters. The highest BCUT2D eigenvalue weighted by Crippen LogP contribution is 2.29. The number of phenols is 1. The molecule has 29 heavy (non-hydrogen) atoms. The van der Waals surface area contributed by atoms with Crippen molar-refractivity contribution in [1.29, 1.82) is 0 Å². The van der Waals surface area contributed by atoms with Gasteiger partial charge in [0.25, 0.3) is 0 Å². The predicted octanol–water partition coefficient (Wildman–Crippen LogP) is 2.25. The van der Waals surface area contributed by atoms with Gasteiger partial charge in [0.15, 0.2) is 0 Å². The van der Waals surface area contributed by atoms with Crippen molar-refractivity contribution in [2.75, 3.05) is 25.4 Å². The monoisotopic (exact) mass is 420 g/mol. The van der Waals surface area contributed by atoms with Gasteiger partial charge >= 0.3 is 0 Å². The molecular weight excluding hydrogens is 395 g/mol. The Bertz CT molecular complexity index is 978. The second-order valence-corrected chi connectivity index (χ2v) is 9.84. The Morgan fingerprint density at radius 1 is 1.17 bits per heavy atom. The van der Waals surface area contributed by atoms with Crippen molar-refractivity contribution < 1.29 is 22.7 Å². The molecule has 4 rings (SSSR count). The predicted molar refractivity (Wildman–Crippen MR) is 107 cm³/mol. The third kappa shape index (κ3) is 4.45. The molecule has 0 aromatic heterocycles. The molecule has 0 spiro atoms. The van der Waals surface area contributed by atoms with Gasteiger partial charge in [0.2, 0.25) is 10.0 Å². The van der Waals surface area contributed by atoms with Crippen LogP contribution in [0.1, 0.15) is 16.7 Å². The lowest BCUT2D eigenvalue weighted by atomic mass is 10.1. The summed E-state index contributed by atoms with van der Waals surface area (Å²) in [6.45, 7) is 3.64. The SMILES string of the molecule is Cc1cc(F)cc(CN2[C@@H]3CN(Cc4ccccc4O)C[C@@H]3OCCS2(=O)=O)c1. The first-order valence-corrected chi connectivity index (χ1v) is 11.3. The van der Waals surface area contributed by atoms with Crippen LogP contribution in [-0.4, -0.2) is 60.3 Å². The number of halogens is 1. The van der Waals surface area contributed by atoms with Gasteiger partial charge < -0.3 is 9.84 Å². The minimum absolute atomic E-state index is 0.0756. The fourth-order valence-electron chi connectivity index (χ4n) is 4.21. The van der Waals surface area contributed by atoms with Crippen LogP contribution in [0.5, 0.6) is 5.75 Å². The van der Waals surface area contributed by atoms with Crippen LogP contribution in [-0.2, 0) is 27.8 Å². The van der Waals surface area contributed by atoms with Gasteiger partial charge in [-0.2, -0.15) is 4.31 Å². The van der Waals surface area contributed by atoms with E-state index in [1.165, 1.54) is 16.4 Å². The van der Waals surface area contributed by atoms with Gasteiger partial charge in [-0.1, -0.05) is 24.3 Å². The smallest absolute Gasteiger partial charge is 0.217 e. The first-order chi connectivity index (χ1) is 13.8. The largest absolute Gasteiger partial charge is 0.508 e. The average Bonchev–Trinajstić information content (AvgIpc) is 2.98. The Balaban J connectivity index is 1.58. The summed E-state index contributed by atoms with van der Waals surface area (Å²) in [4.78, 5) is 2.09. The Morgan fingerprint density at radius 3 is 2.72 bits per heavy atom. The van der Waals surface area contributed by atoms with E-state index >= 15 is 0 Å². The summed E-state index contributed by atoms with van der Waals surface area (Å²) in [7, 11) is -3.53. The number of likely N-dealkylation sites (tertiary alicyclic amines) is 1. The van der Waals surface area contributed by atoms with Crippen LogP contribution in [0.15, 0.2) is 42.5 Å². The topological polar surface area (TPSA) is 70.1 Å². The van der Waals surface area contributed by atoms with Crippen molar-refractivity contribution in [3.05, 3.63) is 65.0 Å². The average molecular weight is 421 g/mol. The van der Waals surface area contributed by atoms with Crippen molar-refractivity contribution in [1.82, 2.24) is 9.21 Å². The highest BCUT2D eigenvalue weighted by molar-refractivity contribution is 7.89. The molecule has 156 valence electrons. The molecule has 8 heteroatoms. The fourth-order valence-corrected chi connectivity index (χ4v) is 5.72. The van der Waals surface area contributed by atoms with Crippen LogP contribution < -0.4 is 0 Å². The fraction of sp³-hybridized carbons (Fsp3) is 0.429. The molecule has 0 unspecified atom stereocenters. The molecule has 0 aliphatic carbocycles. The van der Waals surface area contributed by atoms with Gasteiger partial charge in [0.1, 0.15) is 11.6 Å². The number of hydrogen-bond donors (Lipinski definition) is 1. The van der Waals surface area contributed by atoms with Crippen LogP contribution in [0.3, 0.4) is 0 Å². The Hall–Kier alpha value is -2.00. The van der Waals surface area contributed by atoms with Gasteiger partial charge in [-0.05, 0) is 36.2 Å². The number of hydrogen-bond acceptors (Lipinski definition) is 5. The summed E-state index contributed by atoms with van der Waals surface area (Å²) in [6, 6.07) is 11.4. The molecule has 2 saturated heterocycles. The van der Waals surface area contributed by atoms with E-state index in [4.69, 9.17) is 4.74 Å². The summed E-state index contributed by atoms with van der Waals surface area (Å²) in [5.74, 6) is -0.221. The van der Waals surface area contributed by atoms with Crippen molar-refractivity contribution in [2.45, 2.75) is 32.2 Å². The van der Waals surface area contributed by atoms with Gasteiger partial charge in [0.05, 0.1) is 24.5 Å². The number of aromatic hydroxyl groups is 1. The highest BCUT2D eigenvalue weighted by Gasteiger charge is 2.44. The maximum Gasteiger partial charge on any atom is 0.217 e. The number of ether oxygens (including phenoxy) is 1. The molecule has 2 aliphatic rings. The Kier molecular flexibility index (Phi) is 5.61. The number of benzene rings is 2. The number of rotatable bonds is 4. The molecule has 0 bridgehead atoms. The van der Waals surface area contributed by atoms with E-state index in [0.717, 1.165) is 11.1 Å². The van der Waals surface area contributed by atoms with Gasteiger partial charge in [0, 0.05) is 31.7 Å². The van der Waals surface area contributed by atoms with E-state index in [0.29, 0.717) is 25.2 Å². The molecule has 2 aromatic carbocycles. The summed E-state index contributed by atoms with van der Waals surface area (Å²) in [5.41, 5.74) is 2.18. The number of fused-ring (bicyclic) bond motifs is 1. The van der Waals surface area contributed by atoms with Crippen molar-refractivity contribution in [3.63, 3.8) is 0 Å². The van der Waals surface area contributed by atoms with Gasteiger partial charge in [-0.3, -0.25) is 4.90 Å². The number of phenolic OH excluding ortho intramolecular Hbond substituents is 1. The van der Waals surface area contributed by atoms with E-state index in [9.17, 15) is 17.9 Å². The summed E-state index contributed by atoms with van der Waals surface area (Å²) in [6.07, 6.45) is -0.257. The summed E-state index contributed by atoms with van der Waals surface area (Å²) < 4.78 is 47.1. The minimum Gasteiger partial charge on any atom is -0.508 e. The third-order valence-electron chi connectivity index (χ3n) is 5.54. The Labute approximate surface area is 170 Å². The minimum atomic E-state index is -3.53.